The van der Waals surface area contributed by atoms with Gasteiger partial charge in [-0.05, 0) is 32.4 Å². The summed E-state index contributed by atoms with van der Waals surface area (Å²) in [6.45, 7) is 3.79. The van der Waals surface area contributed by atoms with E-state index in [1.54, 1.807) is 4.90 Å². The highest BCUT2D eigenvalue weighted by atomic mass is 16.4. The molecule has 6 heteroatoms. The van der Waals surface area contributed by atoms with Gasteiger partial charge in [-0.1, -0.05) is 0 Å². The van der Waals surface area contributed by atoms with Crippen LogP contribution in [0.5, 0.6) is 0 Å². The van der Waals surface area contributed by atoms with Crippen LogP contribution in [0, 0.1) is 11.8 Å². The van der Waals surface area contributed by atoms with Gasteiger partial charge in [0.15, 0.2) is 0 Å². The van der Waals surface area contributed by atoms with E-state index in [0.717, 1.165) is 26.1 Å². The molecule has 0 aromatic heterocycles. The van der Waals surface area contributed by atoms with Gasteiger partial charge in [0, 0.05) is 32.1 Å². The molecule has 2 N–H and O–H groups in total. The fraction of sp³-hybridized carbons (Fsp3) is 0.846. The minimum atomic E-state index is -0.774. The minimum absolute atomic E-state index is 0.0856. The molecule has 0 saturated carbocycles. The van der Waals surface area contributed by atoms with Gasteiger partial charge in [0.25, 0.3) is 0 Å². The smallest absolute Gasteiger partial charge is 0.320 e. The molecule has 2 amide bonds. The van der Waals surface area contributed by atoms with Crippen molar-refractivity contribution in [1.29, 1.82) is 0 Å². The maximum Gasteiger partial charge on any atom is 0.320 e. The van der Waals surface area contributed by atoms with Gasteiger partial charge in [0.1, 0.15) is 0 Å². The van der Waals surface area contributed by atoms with E-state index >= 15 is 0 Å². The Morgan fingerprint density at radius 1 is 1.21 bits per heavy atom. The summed E-state index contributed by atoms with van der Waals surface area (Å²) in [5.74, 6) is -0.0951. The molecule has 1 unspecified atom stereocenters. The normalized spacial score (nSPS) is 24.2. The molecule has 0 radical (unpaired) electrons. The van der Waals surface area contributed by atoms with Crippen LogP contribution in [-0.2, 0) is 4.79 Å². The average Bonchev–Trinajstić information content (AvgIpc) is 2.33. The van der Waals surface area contributed by atoms with Crippen molar-refractivity contribution in [3.05, 3.63) is 0 Å². The maximum absolute atomic E-state index is 12.2. The lowest BCUT2D eigenvalue weighted by Gasteiger charge is -2.43. The number of hydrogen-bond donors (Lipinski definition) is 2. The second-order valence-electron chi connectivity index (χ2n) is 5.66. The van der Waals surface area contributed by atoms with E-state index in [1.165, 1.54) is 6.42 Å². The van der Waals surface area contributed by atoms with Crippen molar-refractivity contribution in [1.82, 2.24) is 15.1 Å². The number of nitrogens with zero attached hydrogens (tertiary/aromatic N) is 2. The van der Waals surface area contributed by atoms with E-state index in [2.05, 4.69) is 5.32 Å². The highest BCUT2D eigenvalue weighted by Crippen LogP contribution is 2.23. The third-order valence-electron chi connectivity index (χ3n) is 3.97. The van der Waals surface area contributed by atoms with E-state index in [9.17, 15) is 9.59 Å². The number of aliphatic carboxylic acids is 1. The van der Waals surface area contributed by atoms with Gasteiger partial charge in [-0.2, -0.15) is 0 Å². The van der Waals surface area contributed by atoms with Crippen LogP contribution in [0.4, 0.5) is 4.79 Å². The molecule has 2 fully saturated rings. The molecule has 0 spiro atoms. The SMILES string of the molecule is CNCC1CCCN(C(=O)N2CC(CC(=O)O)C2)C1. The first kappa shape index (κ1) is 14.1. The van der Waals surface area contributed by atoms with Crippen molar-refractivity contribution in [2.45, 2.75) is 19.3 Å². The Kier molecular flexibility index (Phi) is 4.63. The summed E-state index contributed by atoms with van der Waals surface area (Å²) < 4.78 is 0. The largest absolute Gasteiger partial charge is 0.481 e. The van der Waals surface area contributed by atoms with Crippen molar-refractivity contribution in [3.8, 4) is 0 Å². The molecular weight excluding hydrogens is 246 g/mol. The molecule has 0 aliphatic carbocycles. The third kappa shape index (κ3) is 3.59. The number of nitrogens with one attached hydrogen (secondary N) is 1. The fourth-order valence-electron chi connectivity index (χ4n) is 3.00. The number of piperidine rings is 1. The molecule has 6 nitrogen and oxygen atoms in total. The fourth-order valence-corrected chi connectivity index (χ4v) is 3.00. The van der Waals surface area contributed by atoms with Gasteiger partial charge in [0.2, 0.25) is 0 Å². The lowest BCUT2D eigenvalue weighted by Crippen LogP contribution is -2.57. The number of rotatable bonds is 4. The third-order valence-corrected chi connectivity index (χ3v) is 3.97. The summed E-state index contributed by atoms with van der Waals surface area (Å²) in [5.41, 5.74) is 0. The zero-order valence-electron chi connectivity index (χ0n) is 11.5. The Bertz CT molecular complexity index is 340. The number of likely N-dealkylation sites (tertiary alicyclic amines) is 2. The summed E-state index contributed by atoms with van der Waals surface area (Å²) >= 11 is 0. The molecule has 108 valence electrons. The van der Waals surface area contributed by atoms with Crippen LogP contribution in [0.1, 0.15) is 19.3 Å². The van der Waals surface area contributed by atoms with Gasteiger partial charge in [-0.25, -0.2) is 4.79 Å². The molecule has 2 heterocycles. The number of carboxylic acids is 1. The first-order valence-electron chi connectivity index (χ1n) is 7.00. The quantitative estimate of drug-likeness (QED) is 0.777. The summed E-state index contributed by atoms with van der Waals surface area (Å²) in [6.07, 6.45) is 2.41. The first-order chi connectivity index (χ1) is 9.10. The summed E-state index contributed by atoms with van der Waals surface area (Å²) in [7, 11) is 1.94. The van der Waals surface area contributed by atoms with Gasteiger partial charge in [-0.3, -0.25) is 4.79 Å². The molecule has 0 aromatic carbocycles. The topological polar surface area (TPSA) is 72.9 Å². The predicted molar refractivity (Wildman–Crippen MR) is 70.9 cm³/mol. The number of urea groups is 1. The summed E-state index contributed by atoms with van der Waals surface area (Å²) in [6, 6.07) is 0.0856. The number of carbonyl (C=O) groups is 2. The first-order valence-corrected chi connectivity index (χ1v) is 7.00. The highest BCUT2D eigenvalue weighted by Gasteiger charge is 2.35. The molecule has 19 heavy (non-hydrogen) atoms. The molecule has 0 bridgehead atoms. The summed E-state index contributed by atoms with van der Waals surface area (Å²) in [5, 5.41) is 11.9. The van der Waals surface area contributed by atoms with Gasteiger partial charge < -0.3 is 20.2 Å². The number of carbonyl (C=O) groups excluding carboxylic acids is 1. The van der Waals surface area contributed by atoms with Crippen LogP contribution in [-0.4, -0.2) is 66.7 Å². The molecule has 2 saturated heterocycles. The monoisotopic (exact) mass is 269 g/mol. The Labute approximate surface area is 113 Å². The van der Waals surface area contributed by atoms with Crippen LogP contribution < -0.4 is 5.32 Å². The Morgan fingerprint density at radius 3 is 2.53 bits per heavy atom. The van der Waals surface area contributed by atoms with Crippen LogP contribution in [0.3, 0.4) is 0 Å². The van der Waals surface area contributed by atoms with Crippen molar-refractivity contribution in [3.63, 3.8) is 0 Å². The van der Waals surface area contributed by atoms with Gasteiger partial charge in [-0.15, -0.1) is 0 Å². The molecule has 0 aromatic rings. The lowest BCUT2D eigenvalue weighted by molar-refractivity contribution is -0.139. The Morgan fingerprint density at radius 2 is 1.89 bits per heavy atom. The molecular formula is C13H23N3O3. The maximum atomic E-state index is 12.2. The zero-order valence-corrected chi connectivity index (χ0v) is 11.5. The van der Waals surface area contributed by atoms with Crippen molar-refractivity contribution >= 4 is 12.0 Å². The standard InChI is InChI=1S/C13H23N3O3/c1-14-6-10-3-2-4-15(7-10)13(19)16-8-11(9-16)5-12(17)18/h10-11,14H,2-9H2,1H3,(H,17,18). The van der Waals surface area contributed by atoms with Gasteiger partial charge >= 0.3 is 12.0 Å². The second-order valence-corrected chi connectivity index (χ2v) is 5.66. The van der Waals surface area contributed by atoms with Gasteiger partial charge in [0.05, 0.1) is 6.42 Å². The average molecular weight is 269 g/mol. The van der Waals surface area contributed by atoms with Crippen molar-refractivity contribution < 1.29 is 14.7 Å². The van der Waals surface area contributed by atoms with Crippen molar-refractivity contribution in [2.24, 2.45) is 11.8 Å². The predicted octanol–water partition coefficient (Wildman–Crippen LogP) is 0.444. The number of amides is 2. The van der Waals surface area contributed by atoms with E-state index in [-0.39, 0.29) is 18.4 Å². The van der Waals surface area contributed by atoms with E-state index in [4.69, 9.17) is 5.11 Å². The molecule has 2 aliphatic rings. The lowest BCUT2D eigenvalue weighted by atomic mass is 9.95. The van der Waals surface area contributed by atoms with E-state index in [1.807, 2.05) is 11.9 Å². The highest BCUT2D eigenvalue weighted by molar-refractivity contribution is 5.76. The number of hydrogen-bond acceptors (Lipinski definition) is 3. The second kappa shape index (κ2) is 6.23. The van der Waals surface area contributed by atoms with Crippen LogP contribution >= 0.6 is 0 Å². The Balaban J connectivity index is 1.76. The van der Waals surface area contributed by atoms with Crippen molar-refractivity contribution in [2.75, 3.05) is 39.8 Å². The minimum Gasteiger partial charge on any atom is -0.481 e. The van der Waals surface area contributed by atoms with E-state index < -0.39 is 5.97 Å². The van der Waals surface area contributed by atoms with Crippen LogP contribution in [0.15, 0.2) is 0 Å². The Hall–Kier alpha value is -1.30. The molecule has 1 atom stereocenters. The number of carboxylic acid groups (broad SMARTS) is 1. The molecule has 2 rings (SSSR count). The van der Waals surface area contributed by atoms with Crippen LogP contribution in [0.2, 0.25) is 0 Å². The van der Waals surface area contributed by atoms with Crippen LogP contribution in [0.25, 0.3) is 0 Å². The zero-order chi connectivity index (χ0) is 13.8. The molecule has 2 aliphatic heterocycles. The van der Waals surface area contributed by atoms with E-state index in [0.29, 0.717) is 19.0 Å². The summed E-state index contributed by atoms with van der Waals surface area (Å²) in [4.78, 5) is 26.5.